The van der Waals surface area contributed by atoms with Crippen molar-refractivity contribution in [1.82, 2.24) is 0 Å². The van der Waals surface area contributed by atoms with E-state index < -0.39 is 35.4 Å². The largest absolute Gasteiger partial charge is 0.443 e. The van der Waals surface area contributed by atoms with E-state index in [2.05, 4.69) is 10.4 Å². The number of amides is 2. The highest BCUT2D eigenvalue weighted by Gasteiger charge is 2.36. The molecular weight excluding hydrogens is 511 g/mol. The van der Waals surface area contributed by atoms with Gasteiger partial charge in [-0.2, -0.15) is 18.3 Å². The molecule has 7 nitrogen and oxygen atoms in total. The monoisotopic (exact) mass is 529 g/mol. The van der Waals surface area contributed by atoms with Crippen LogP contribution in [0.5, 0.6) is 0 Å². The zero-order valence-corrected chi connectivity index (χ0v) is 19.8. The van der Waals surface area contributed by atoms with Gasteiger partial charge >= 0.3 is 12.1 Å². The van der Waals surface area contributed by atoms with Crippen LogP contribution >= 0.6 is 11.6 Å². The number of esters is 1. The molecule has 3 aromatic carbocycles. The molecule has 0 bridgehead atoms. The molecule has 0 saturated heterocycles. The number of benzene rings is 3. The fourth-order valence-electron chi connectivity index (χ4n) is 3.61. The number of rotatable bonds is 6. The SMILES string of the molecule is O=C(OC(C(=O)Nc1ccc(Cl)cc1C(F)(F)F)c1ccccc1)C1=NN(c2ccccc2)C(=O)CC1. The van der Waals surface area contributed by atoms with E-state index in [9.17, 15) is 27.6 Å². The van der Waals surface area contributed by atoms with Gasteiger partial charge in [0.2, 0.25) is 12.0 Å². The van der Waals surface area contributed by atoms with Gasteiger partial charge in [0.15, 0.2) is 0 Å². The number of ether oxygens (including phenoxy) is 1. The minimum absolute atomic E-state index is 0.0231. The molecule has 3 aromatic rings. The Hall–Kier alpha value is -4.18. The van der Waals surface area contributed by atoms with Crippen LogP contribution in [0.2, 0.25) is 5.02 Å². The molecule has 0 aliphatic carbocycles. The van der Waals surface area contributed by atoms with Gasteiger partial charge in [-0.1, -0.05) is 60.1 Å². The Bertz CT molecular complexity index is 1350. The third-order valence-electron chi connectivity index (χ3n) is 5.38. The van der Waals surface area contributed by atoms with Crippen molar-refractivity contribution in [3.63, 3.8) is 0 Å². The lowest BCUT2D eigenvalue weighted by atomic mass is 10.1. The minimum atomic E-state index is -4.79. The van der Waals surface area contributed by atoms with E-state index >= 15 is 0 Å². The van der Waals surface area contributed by atoms with Gasteiger partial charge < -0.3 is 10.1 Å². The van der Waals surface area contributed by atoms with Gasteiger partial charge in [0.05, 0.1) is 16.9 Å². The quantitative estimate of drug-likeness (QED) is 0.411. The van der Waals surface area contributed by atoms with E-state index in [4.69, 9.17) is 16.3 Å². The number of anilines is 2. The van der Waals surface area contributed by atoms with Gasteiger partial charge in [-0.05, 0) is 30.3 Å². The van der Waals surface area contributed by atoms with Crippen LogP contribution in [-0.4, -0.2) is 23.5 Å². The Balaban J connectivity index is 1.62. The van der Waals surface area contributed by atoms with Gasteiger partial charge in [-0.25, -0.2) is 9.80 Å². The molecule has 1 N–H and O–H groups in total. The molecule has 0 aromatic heterocycles. The van der Waals surface area contributed by atoms with E-state index in [-0.39, 0.29) is 35.0 Å². The number of hydrogen-bond donors (Lipinski definition) is 1. The summed E-state index contributed by atoms with van der Waals surface area (Å²) in [5.41, 5.74) is -1.14. The summed E-state index contributed by atoms with van der Waals surface area (Å²) in [4.78, 5) is 38.5. The molecule has 1 aliphatic heterocycles. The molecule has 4 rings (SSSR count). The second-order valence-corrected chi connectivity index (χ2v) is 8.40. The summed E-state index contributed by atoms with van der Waals surface area (Å²) in [6, 6.07) is 19.1. The molecule has 0 spiro atoms. The summed E-state index contributed by atoms with van der Waals surface area (Å²) in [6.45, 7) is 0. The molecular formula is C26H19ClF3N3O4. The average Bonchev–Trinajstić information content (AvgIpc) is 2.88. The second-order valence-electron chi connectivity index (χ2n) is 7.96. The summed E-state index contributed by atoms with van der Waals surface area (Å²) in [6.07, 6.45) is -6.45. The van der Waals surface area contributed by atoms with Crippen LogP contribution in [0.4, 0.5) is 24.5 Å². The normalized spacial score (nSPS) is 14.5. The van der Waals surface area contributed by atoms with E-state index in [0.717, 1.165) is 11.1 Å². The summed E-state index contributed by atoms with van der Waals surface area (Å²) in [5, 5.41) is 7.21. The Morgan fingerprint density at radius 3 is 2.27 bits per heavy atom. The van der Waals surface area contributed by atoms with Crippen LogP contribution in [0.3, 0.4) is 0 Å². The molecule has 0 radical (unpaired) electrons. The van der Waals surface area contributed by atoms with Crippen molar-refractivity contribution in [2.24, 2.45) is 5.10 Å². The van der Waals surface area contributed by atoms with Gasteiger partial charge in [0, 0.05) is 23.4 Å². The number of carbonyl (C=O) groups is 3. The van der Waals surface area contributed by atoms with Crippen LogP contribution < -0.4 is 10.3 Å². The van der Waals surface area contributed by atoms with Crippen LogP contribution in [0.1, 0.15) is 30.1 Å². The van der Waals surface area contributed by atoms with Crippen molar-refractivity contribution in [2.75, 3.05) is 10.3 Å². The molecule has 190 valence electrons. The van der Waals surface area contributed by atoms with Crippen molar-refractivity contribution < 1.29 is 32.3 Å². The highest BCUT2D eigenvalue weighted by Crippen LogP contribution is 2.37. The first-order valence-electron chi connectivity index (χ1n) is 11.0. The molecule has 0 fully saturated rings. The number of nitrogens with zero attached hydrogens (tertiary/aromatic N) is 2. The maximum atomic E-state index is 13.5. The number of para-hydroxylation sites is 1. The first kappa shape index (κ1) is 25.9. The van der Waals surface area contributed by atoms with Gasteiger partial charge in [0.1, 0.15) is 5.71 Å². The number of hydrazone groups is 1. The standard InChI is InChI=1S/C26H19ClF3N3O4/c27-17-11-12-20(19(15-17)26(28,29)30)31-24(35)23(16-7-3-1-4-8-16)37-25(36)21-13-14-22(34)33(32-21)18-9-5-2-6-10-18/h1-12,15,23H,13-14H2,(H,31,35). The van der Waals surface area contributed by atoms with E-state index in [1.165, 1.54) is 18.2 Å². The molecule has 2 amide bonds. The third-order valence-corrected chi connectivity index (χ3v) is 5.61. The molecule has 1 heterocycles. The number of carbonyl (C=O) groups excluding carboxylic acids is 3. The zero-order valence-electron chi connectivity index (χ0n) is 19.0. The topological polar surface area (TPSA) is 88.1 Å². The lowest BCUT2D eigenvalue weighted by molar-refractivity contribution is -0.148. The number of hydrogen-bond acceptors (Lipinski definition) is 5. The minimum Gasteiger partial charge on any atom is -0.443 e. The van der Waals surface area contributed by atoms with Crippen LogP contribution in [0, 0.1) is 0 Å². The lowest BCUT2D eigenvalue weighted by Gasteiger charge is -2.24. The average molecular weight is 530 g/mol. The van der Waals surface area contributed by atoms with Crippen LogP contribution in [-0.2, 0) is 25.3 Å². The van der Waals surface area contributed by atoms with Crippen molar-refractivity contribution in [3.05, 3.63) is 95.0 Å². The third kappa shape index (κ3) is 6.15. The fraction of sp³-hybridized carbons (Fsp3) is 0.154. The maximum Gasteiger partial charge on any atom is 0.418 e. The van der Waals surface area contributed by atoms with Crippen LogP contribution in [0.25, 0.3) is 0 Å². The van der Waals surface area contributed by atoms with Crippen molar-refractivity contribution in [2.45, 2.75) is 25.1 Å². The number of nitrogens with one attached hydrogen (secondary N) is 1. The van der Waals surface area contributed by atoms with Crippen molar-refractivity contribution in [1.29, 1.82) is 0 Å². The van der Waals surface area contributed by atoms with Crippen molar-refractivity contribution >= 4 is 46.5 Å². The smallest absolute Gasteiger partial charge is 0.418 e. The van der Waals surface area contributed by atoms with E-state index in [1.54, 1.807) is 48.5 Å². The number of alkyl halides is 3. The van der Waals surface area contributed by atoms with Gasteiger partial charge in [0.25, 0.3) is 5.91 Å². The second kappa shape index (κ2) is 10.8. The van der Waals surface area contributed by atoms with Gasteiger partial charge in [-0.3, -0.25) is 9.59 Å². The molecule has 0 saturated carbocycles. The highest BCUT2D eigenvalue weighted by molar-refractivity contribution is 6.38. The summed E-state index contributed by atoms with van der Waals surface area (Å²) in [7, 11) is 0. The zero-order chi connectivity index (χ0) is 26.6. The molecule has 1 unspecified atom stereocenters. The number of halogens is 4. The molecule has 1 aliphatic rings. The maximum absolute atomic E-state index is 13.5. The Kier molecular flexibility index (Phi) is 7.58. The summed E-state index contributed by atoms with van der Waals surface area (Å²) in [5.74, 6) is -2.33. The Labute approximate surface area is 214 Å². The van der Waals surface area contributed by atoms with E-state index in [1.807, 2.05) is 0 Å². The lowest BCUT2D eigenvalue weighted by Crippen LogP contribution is -2.36. The summed E-state index contributed by atoms with van der Waals surface area (Å²) >= 11 is 5.72. The Morgan fingerprint density at radius 1 is 0.973 bits per heavy atom. The molecule has 37 heavy (non-hydrogen) atoms. The first-order valence-corrected chi connectivity index (χ1v) is 11.4. The Morgan fingerprint density at radius 2 is 1.62 bits per heavy atom. The van der Waals surface area contributed by atoms with E-state index in [0.29, 0.717) is 11.8 Å². The van der Waals surface area contributed by atoms with Gasteiger partial charge in [-0.15, -0.1) is 0 Å². The predicted molar refractivity (Wildman–Crippen MR) is 131 cm³/mol. The summed E-state index contributed by atoms with van der Waals surface area (Å²) < 4.78 is 46.0. The fourth-order valence-corrected chi connectivity index (χ4v) is 3.78. The highest BCUT2D eigenvalue weighted by atomic mass is 35.5. The predicted octanol–water partition coefficient (Wildman–Crippen LogP) is 5.76. The van der Waals surface area contributed by atoms with Crippen LogP contribution in [0.15, 0.2) is 84.0 Å². The molecule has 11 heteroatoms. The van der Waals surface area contributed by atoms with Crippen molar-refractivity contribution in [3.8, 4) is 0 Å². The molecule has 1 atom stereocenters. The first-order chi connectivity index (χ1) is 17.6.